The molecule has 1 saturated heterocycles. The lowest BCUT2D eigenvalue weighted by Gasteiger charge is -2.26. The molecule has 0 bridgehead atoms. The van der Waals surface area contributed by atoms with Gasteiger partial charge in [-0.05, 0) is 18.8 Å². The van der Waals surface area contributed by atoms with Crippen LogP contribution in [-0.4, -0.2) is 41.3 Å². The summed E-state index contributed by atoms with van der Waals surface area (Å²) in [5.41, 5.74) is 0. The third-order valence-corrected chi connectivity index (χ3v) is 3.25. The quantitative estimate of drug-likeness (QED) is 0.761. The molecule has 0 aromatic heterocycles. The van der Waals surface area contributed by atoms with Crippen molar-refractivity contribution >= 4 is 12.1 Å². The van der Waals surface area contributed by atoms with E-state index >= 15 is 0 Å². The molecule has 2 fully saturated rings. The maximum absolute atomic E-state index is 11.3. The molecule has 1 saturated carbocycles. The van der Waals surface area contributed by atoms with Crippen molar-refractivity contribution in [1.82, 2.24) is 4.90 Å². The number of carboxylic acid groups (broad SMARTS) is 1. The zero-order valence-electron chi connectivity index (χ0n) is 8.52. The Morgan fingerprint density at radius 2 is 2.33 bits per heavy atom. The lowest BCUT2D eigenvalue weighted by atomic mass is 9.98. The zero-order chi connectivity index (χ0) is 10.8. The maximum Gasteiger partial charge on any atom is 0.410 e. The second-order valence-electron chi connectivity index (χ2n) is 4.16. The fourth-order valence-electron chi connectivity index (χ4n) is 2.60. The minimum Gasteiger partial charge on any atom is -0.481 e. The monoisotopic (exact) mass is 213 g/mol. The Morgan fingerprint density at radius 1 is 1.53 bits per heavy atom. The lowest BCUT2D eigenvalue weighted by molar-refractivity contribution is -0.138. The third kappa shape index (κ3) is 2.06. The minimum absolute atomic E-state index is 0.0797. The van der Waals surface area contributed by atoms with E-state index in [1.54, 1.807) is 4.90 Å². The number of amides is 1. The molecular formula is C10H15NO4. The number of aliphatic carboxylic acids is 1. The summed E-state index contributed by atoms with van der Waals surface area (Å²) < 4.78 is 4.87. The first-order valence-electron chi connectivity index (χ1n) is 5.33. The molecule has 5 heteroatoms. The van der Waals surface area contributed by atoms with Gasteiger partial charge >= 0.3 is 12.1 Å². The van der Waals surface area contributed by atoms with Gasteiger partial charge in [0, 0.05) is 6.04 Å². The number of carbonyl (C=O) groups is 2. The van der Waals surface area contributed by atoms with E-state index in [1.165, 1.54) is 0 Å². The minimum atomic E-state index is -0.778. The molecule has 1 N–H and O–H groups in total. The van der Waals surface area contributed by atoms with Gasteiger partial charge in [-0.1, -0.05) is 6.42 Å². The number of hydrogen-bond acceptors (Lipinski definition) is 3. The summed E-state index contributed by atoms with van der Waals surface area (Å²) in [6.45, 7) is 1.05. The highest BCUT2D eigenvalue weighted by Crippen LogP contribution is 2.33. The molecule has 15 heavy (non-hydrogen) atoms. The van der Waals surface area contributed by atoms with Crippen LogP contribution >= 0.6 is 0 Å². The highest BCUT2D eigenvalue weighted by atomic mass is 16.6. The molecule has 2 aliphatic rings. The Balaban J connectivity index is 2.00. The van der Waals surface area contributed by atoms with Crippen molar-refractivity contribution in [3.63, 3.8) is 0 Å². The summed E-state index contributed by atoms with van der Waals surface area (Å²) in [7, 11) is 0. The van der Waals surface area contributed by atoms with E-state index in [2.05, 4.69) is 0 Å². The second-order valence-corrected chi connectivity index (χ2v) is 4.16. The van der Waals surface area contributed by atoms with Gasteiger partial charge in [0.05, 0.1) is 13.0 Å². The first kappa shape index (κ1) is 10.3. The smallest absolute Gasteiger partial charge is 0.410 e. The average Bonchev–Trinajstić information content (AvgIpc) is 2.73. The van der Waals surface area contributed by atoms with E-state index in [0.29, 0.717) is 13.2 Å². The molecule has 0 unspecified atom stereocenters. The predicted octanol–water partition coefficient (Wildman–Crippen LogP) is 1.08. The summed E-state index contributed by atoms with van der Waals surface area (Å²) >= 11 is 0. The van der Waals surface area contributed by atoms with Crippen LogP contribution in [0, 0.1) is 5.92 Å². The van der Waals surface area contributed by atoms with E-state index in [0.717, 1.165) is 19.3 Å². The van der Waals surface area contributed by atoms with Crippen LogP contribution in [0.4, 0.5) is 4.79 Å². The van der Waals surface area contributed by atoms with E-state index < -0.39 is 5.97 Å². The standard InChI is InChI=1S/C10H15NO4/c12-9(13)6-7-2-1-3-8(7)11-4-5-15-10(11)14/h7-8H,1-6H2,(H,12,13)/t7-,8+/m0/s1. The van der Waals surface area contributed by atoms with Gasteiger partial charge in [0.25, 0.3) is 0 Å². The Kier molecular flexibility index (Phi) is 2.79. The van der Waals surface area contributed by atoms with Crippen molar-refractivity contribution in [2.24, 2.45) is 5.92 Å². The molecule has 1 amide bonds. The Bertz CT molecular complexity index is 279. The summed E-state index contributed by atoms with van der Waals surface area (Å²) in [5.74, 6) is -0.674. The molecule has 2 rings (SSSR count). The Morgan fingerprint density at radius 3 is 2.93 bits per heavy atom. The van der Waals surface area contributed by atoms with Crippen molar-refractivity contribution in [3.05, 3.63) is 0 Å². The molecule has 0 aromatic carbocycles. The lowest BCUT2D eigenvalue weighted by Crippen LogP contribution is -2.39. The molecular weight excluding hydrogens is 198 g/mol. The molecule has 0 spiro atoms. The van der Waals surface area contributed by atoms with E-state index in [-0.39, 0.29) is 24.5 Å². The van der Waals surface area contributed by atoms with Crippen LogP contribution in [0.15, 0.2) is 0 Å². The highest BCUT2D eigenvalue weighted by Gasteiger charge is 2.38. The van der Waals surface area contributed by atoms with Crippen LogP contribution < -0.4 is 0 Å². The van der Waals surface area contributed by atoms with E-state index in [9.17, 15) is 9.59 Å². The Labute approximate surface area is 88.0 Å². The van der Waals surface area contributed by atoms with Crippen LogP contribution in [0.2, 0.25) is 0 Å². The number of nitrogens with zero attached hydrogens (tertiary/aromatic N) is 1. The number of carboxylic acids is 1. The van der Waals surface area contributed by atoms with Crippen LogP contribution in [0.1, 0.15) is 25.7 Å². The number of hydrogen-bond donors (Lipinski definition) is 1. The van der Waals surface area contributed by atoms with E-state index in [4.69, 9.17) is 9.84 Å². The molecule has 0 aromatic rings. The first-order valence-corrected chi connectivity index (χ1v) is 5.33. The average molecular weight is 213 g/mol. The van der Waals surface area contributed by atoms with Gasteiger partial charge < -0.3 is 14.7 Å². The SMILES string of the molecule is O=C(O)C[C@@H]1CCC[C@H]1N1CCOC1=O. The van der Waals surface area contributed by atoms with Gasteiger partial charge in [0.2, 0.25) is 0 Å². The van der Waals surface area contributed by atoms with Gasteiger partial charge in [-0.3, -0.25) is 4.79 Å². The van der Waals surface area contributed by atoms with Gasteiger partial charge in [-0.15, -0.1) is 0 Å². The number of rotatable bonds is 3. The molecule has 84 valence electrons. The van der Waals surface area contributed by atoms with Crippen LogP contribution in [0.5, 0.6) is 0 Å². The number of cyclic esters (lactones) is 1. The first-order chi connectivity index (χ1) is 7.18. The molecule has 2 atom stereocenters. The third-order valence-electron chi connectivity index (χ3n) is 3.25. The summed E-state index contributed by atoms with van der Waals surface area (Å²) in [5, 5.41) is 8.77. The summed E-state index contributed by atoms with van der Waals surface area (Å²) in [6.07, 6.45) is 2.70. The molecule has 5 nitrogen and oxygen atoms in total. The zero-order valence-corrected chi connectivity index (χ0v) is 8.52. The number of carbonyl (C=O) groups excluding carboxylic acids is 1. The molecule has 1 aliphatic carbocycles. The molecule has 1 aliphatic heterocycles. The summed E-state index contributed by atoms with van der Waals surface area (Å²) in [6, 6.07) is 0.0797. The van der Waals surface area contributed by atoms with Gasteiger partial charge in [0.1, 0.15) is 6.61 Å². The van der Waals surface area contributed by atoms with Crippen molar-refractivity contribution in [2.75, 3.05) is 13.2 Å². The van der Waals surface area contributed by atoms with Crippen molar-refractivity contribution in [2.45, 2.75) is 31.7 Å². The normalized spacial score (nSPS) is 30.7. The highest BCUT2D eigenvalue weighted by molar-refractivity contribution is 5.70. The largest absolute Gasteiger partial charge is 0.481 e. The van der Waals surface area contributed by atoms with Gasteiger partial charge in [-0.2, -0.15) is 0 Å². The molecule has 1 heterocycles. The summed E-state index contributed by atoms with van der Waals surface area (Å²) in [4.78, 5) is 23.7. The van der Waals surface area contributed by atoms with Gasteiger partial charge in [-0.25, -0.2) is 4.79 Å². The fraction of sp³-hybridized carbons (Fsp3) is 0.800. The van der Waals surface area contributed by atoms with Gasteiger partial charge in [0.15, 0.2) is 0 Å². The fourth-order valence-corrected chi connectivity index (χ4v) is 2.60. The Hall–Kier alpha value is -1.26. The van der Waals surface area contributed by atoms with Crippen molar-refractivity contribution in [3.8, 4) is 0 Å². The topological polar surface area (TPSA) is 66.8 Å². The van der Waals surface area contributed by atoms with Crippen molar-refractivity contribution in [1.29, 1.82) is 0 Å². The van der Waals surface area contributed by atoms with Crippen LogP contribution in [0.25, 0.3) is 0 Å². The second kappa shape index (κ2) is 4.08. The predicted molar refractivity (Wildman–Crippen MR) is 51.4 cm³/mol. The van der Waals surface area contributed by atoms with E-state index in [1.807, 2.05) is 0 Å². The van der Waals surface area contributed by atoms with Crippen molar-refractivity contribution < 1.29 is 19.4 Å². The number of ether oxygens (including phenoxy) is 1. The van der Waals surface area contributed by atoms with Crippen LogP contribution in [-0.2, 0) is 9.53 Å². The van der Waals surface area contributed by atoms with Crippen LogP contribution in [0.3, 0.4) is 0 Å². The maximum atomic E-state index is 11.3. The molecule has 0 radical (unpaired) electrons.